The summed E-state index contributed by atoms with van der Waals surface area (Å²) in [5, 5.41) is 0. The molecule has 0 aromatic heterocycles. The SMILES string of the molecule is Cc1ccc([C@@H]2C3C=CC(C3)[C@H]2C(=O)N=C(N)N)cc1. The molecule has 4 atom stereocenters. The Labute approximate surface area is 118 Å². The summed E-state index contributed by atoms with van der Waals surface area (Å²) in [6.07, 6.45) is 5.39. The van der Waals surface area contributed by atoms with Crippen LogP contribution in [-0.4, -0.2) is 11.9 Å². The molecule has 20 heavy (non-hydrogen) atoms. The highest BCUT2D eigenvalue weighted by molar-refractivity contribution is 5.93. The van der Waals surface area contributed by atoms with E-state index in [1.165, 1.54) is 11.1 Å². The van der Waals surface area contributed by atoms with Crippen LogP contribution in [0.3, 0.4) is 0 Å². The standard InChI is InChI=1S/C16H19N3O/c1-9-2-4-10(5-3-9)13-11-6-7-12(8-11)14(13)15(20)19-16(17)18/h2-7,11-14H,8H2,1H3,(H4,17,18,19,20)/t11?,12?,13-,14-/m1/s1. The summed E-state index contributed by atoms with van der Waals surface area (Å²) in [7, 11) is 0. The van der Waals surface area contributed by atoms with Gasteiger partial charge >= 0.3 is 0 Å². The highest BCUT2D eigenvalue weighted by Gasteiger charge is 2.48. The molecule has 104 valence electrons. The lowest BCUT2D eigenvalue weighted by molar-refractivity contribution is -0.122. The number of fused-ring (bicyclic) bond motifs is 2. The summed E-state index contributed by atoms with van der Waals surface area (Å²) in [4.78, 5) is 16.1. The fourth-order valence-corrected chi connectivity index (χ4v) is 3.60. The molecular formula is C16H19N3O. The minimum atomic E-state index is -0.188. The van der Waals surface area contributed by atoms with Gasteiger partial charge in [0, 0.05) is 5.92 Å². The topological polar surface area (TPSA) is 81.5 Å². The van der Waals surface area contributed by atoms with Gasteiger partial charge in [0.05, 0.1) is 5.92 Å². The Kier molecular flexibility index (Phi) is 3.08. The molecular weight excluding hydrogens is 250 g/mol. The number of rotatable bonds is 2. The zero-order valence-corrected chi connectivity index (χ0v) is 11.5. The van der Waals surface area contributed by atoms with Crippen LogP contribution in [-0.2, 0) is 4.79 Å². The lowest BCUT2D eigenvalue weighted by Gasteiger charge is -2.26. The number of aliphatic imine (C=N–C) groups is 1. The highest BCUT2D eigenvalue weighted by atomic mass is 16.1. The van der Waals surface area contributed by atoms with Gasteiger partial charge in [0.25, 0.3) is 5.91 Å². The predicted octanol–water partition coefficient (Wildman–Crippen LogP) is 1.70. The molecule has 1 saturated carbocycles. The van der Waals surface area contributed by atoms with Gasteiger partial charge in [0.1, 0.15) is 0 Å². The van der Waals surface area contributed by atoms with E-state index >= 15 is 0 Å². The summed E-state index contributed by atoms with van der Waals surface area (Å²) in [6, 6.07) is 8.41. The van der Waals surface area contributed by atoms with Gasteiger partial charge in [0.2, 0.25) is 0 Å². The smallest absolute Gasteiger partial charge is 0.253 e. The van der Waals surface area contributed by atoms with Crippen LogP contribution in [0.25, 0.3) is 0 Å². The van der Waals surface area contributed by atoms with Gasteiger partial charge in [-0.3, -0.25) is 4.79 Å². The molecule has 1 amide bonds. The van der Waals surface area contributed by atoms with Crippen molar-refractivity contribution < 1.29 is 4.79 Å². The van der Waals surface area contributed by atoms with Crippen LogP contribution in [0.4, 0.5) is 0 Å². The molecule has 1 fully saturated rings. The van der Waals surface area contributed by atoms with Crippen molar-refractivity contribution in [2.45, 2.75) is 19.3 Å². The van der Waals surface area contributed by atoms with Crippen LogP contribution in [0.1, 0.15) is 23.5 Å². The maximum atomic E-state index is 12.3. The number of carbonyl (C=O) groups is 1. The average molecular weight is 269 g/mol. The van der Waals surface area contributed by atoms with E-state index in [-0.39, 0.29) is 29.6 Å². The summed E-state index contributed by atoms with van der Waals surface area (Å²) in [5.74, 6) is 0.417. The second kappa shape index (κ2) is 4.78. The number of carbonyl (C=O) groups excluding carboxylic acids is 1. The molecule has 3 rings (SSSR count). The summed E-state index contributed by atoms with van der Waals surface area (Å²) < 4.78 is 0. The summed E-state index contributed by atoms with van der Waals surface area (Å²) in [6.45, 7) is 2.06. The summed E-state index contributed by atoms with van der Waals surface area (Å²) in [5.41, 5.74) is 13.1. The van der Waals surface area contributed by atoms with E-state index in [1.54, 1.807) is 0 Å². The predicted molar refractivity (Wildman–Crippen MR) is 79.0 cm³/mol. The van der Waals surface area contributed by atoms with Crippen LogP contribution in [0.5, 0.6) is 0 Å². The van der Waals surface area contributed by atoms with E-state index in [4.69, 9.17) is 11.5 Å². The number of amides is 1. The van der Waals surface area contributed by atoms with Gasteiger partial charge in [0.15, 0.2) is 5.96 Å². The molecule has 4 N–H and O–H groups in total. The second-order valence-electron chi connectivity index (χ2n) is 5.79. The van der Waals surface area contributed by atoms with Crippen molar-refractivity contribution >= 4 is 11.9 Å². The van der Waals surface area contributed by atoms with Crippen LogP contribution in [0, 0.1) is 24.7 Å². The number of hydrogen-bond donors (Lipinski definition) is 2. The maximum Gasteiger partial charge on any atom is 0.253 e. The van der Waals surface area contributed by atoms with Crippen LogP contribution < -0.4 is 11.5 Å². The Bertz CT molecular complexity index is 584. The van der Waals surface area contributed by atoms with E-state index in [2.05, 4.69) is 48.3 Å². The van der Waals surface area contributed by atoms with E-state index in [0.717, 1.165) is 6.42 Å². The number of hydrogen-bond acceptors (Lipinski definition) is 1. The molecule has 2 bridgehead atoms. The first-order valence-electron chi connectivity index (χ1n) is 6.94. The van der Waals surface area contributed by atoms with E-state index in [1.807, 2.05) is 0 Å². The monoisotopic (exact) mass is 269 g/mol. The largest absolute Gasteiger partial charge is 0.370 e. The molecule has 4 nitrogen and oxygen atoms in total. The van der Waals surface area contributed by atoms with Gasteiger partial charge in [-0.2, -0.15) is 4.99 Å². The lowest BCUT2D eigenvalue weighted by atomic mass is 9.78. The molecule has 1 aromatic carbocycles. The van der Waals surface area contributed by atoms with Crippen molar-refractivity contribution in [2.24, 2.45) is 34.2 Å². The number of nitrogens with zero attached hydrogens (tertiary/aromatic N) is 1. The molecule has 4 heteroatoms. The van der Waals surface area contributed by atoms with Gasteiger partial charge in [-0.05, 0) is 30.7 Å². The Balaban J connectivity index is 1.95. The normalized spacial score (nSPS) is 30.4. The minimum Gasteiger partial charge on any atom is -0.370 e. The first kappa shape index (κ1) is 12.9. The molecule has 0 spiro atoms. The van der Waals surface area contributed by atoms with Gasteiger partial charge < -0.3 is 11.5 Å². The summed E-state index contributed by atoms with van der Waals surface area (Å²) >= 11 is 0. The molecule has 0 radical (unpaired) electrons. The number of aryl methyl sites for hydroxylation is 1. The first-order valence-corrected chi connectivity index (χ1v) is 6.94. The quantitative estimate of drug-likeness (QED) is 0.487. The van der Waals surface area contributed by atoms with Gasteiger partial charge in [-0.15, -0.1) is 0 Å². The second-order valence-corrected chi connectivity index (χ2v) is 5.79. The van der Waals surface area contributed by atoms with Crippen molar-refractivity contribution in [1.82, 2.24) is 0 Å². The number of benzene rings is 1. The van der Waals surface area contributed by atoms with Crippen molar-refractivity contribution in [2.75, 3.05) is 0 Å². The molecule has 0 heterocycles. The Morgan fingerprint density at radius 2 is 1.80 bits per heavy atom. The Morgan fingerprint density at radius 3 is 2.45 bits per heavy atom. The highest BCUT2D eigenvalue weighted by Crippen LogP contribution is 2.53. The Morgan fingerprint density at radius 1 is 1.15 bits per heavy atom. The molecule has 0 saturated heterocycles. The first-order chi connectivity index (χ1) is 9.56. The van der Waals surface area contributed by atoms with Crippen LogP contribution >= 0.6 is 0 Å². The number of nitrogens with two attached hydrogens (primary N) is 2. The van der Waals surface area contributed by atoms with Crippen LogP contribution in [0.15, 0.2) is 41.4 Å². The fourth-order valence-electron chi connectivity index (χ4n) is 3.60. The third-order valence-corrected chi connectivity index (χ3v) is 4.45. The van der Waals surface area contributed by atoms with E-state index in [0.29, 0.717) is 5.92 Å². The molecule has 2 unspecified atom stereocenters. The molecule has 1 aromatic rings. The zero-order valence-electron chi connectivity index (χ0n) is 11.5. The molecule has 0 aliphatic heterocycles. The van der Waals surface area contributed by atoms with Crippen molar-refractivity contribution in [1.29, 1.82) is 0 Å². The zero-order chi connectivity index (χ0) is 14.3. The number of allylic oxidation sites excluding steroid dienone is 2. The van der Waals surface area contributed by atoms with Gasteiger partial charge in [-0.25, -0.2) is 0 Å². The van der Waals surface area contributed by atoms with Crippen molar-refractivity contribution in [3.8, 4) is 0 Å². The third-order valence-electron chi connectivity index (χ3n) is 4.45. The Hall–Kier alpha value is -2.10. The average Bonchev–Trinajstić information content (AvgIpc) is 2.99. The van der Waals surface area contributed by atoms with Gasteiger partial charge in [-0.1, -0.05) is 42.0 Å². The molecule has 2 aliphatic carbocycles. The van der Waals surface area contributed by atoms with Crippen molar-refractivity contribution in [3.05, 3.63) is 47.5 Å². The maximum absolute atomic E-state index is 12.3. The molecule has 2 aliphatic rings. The fraction of sp³-hybridized carbons (Fsp3) is 0.375. The minimum absolute atomic E-state index is 0.130. The van der Waals surface area contributed by atoms with E-state index < -0.39 is 0 Å². The number of guanidine groups is 1. The lowest BCUT2D eigenvalue weighted by Crippen LogP contribution is -2.30. The van der Waals surface area contributed by atoms with Crippen LogP contribution in [0.2, 0.25) is 0 Å². The van der Waals surface area contributed by atoms with E-state index in [9.17, 15) is 4.79 Å². The third kappa shape index (κ3) is 2.11. The van der Waals surface area contributed by atoms with Crippen molar-refractivity contribution in [3.63, 3.8) is 0 Å².